The van der Waals surface area contributed by atoms with Gasteiger partial charge in [0.25, 0.3) is 0 Å². The Morgan fingerprint density at radius 2 is 2.00 bits per heavy atom. The molecule has 0 heterocycles. The molecule has 0 aliphatic carbocycles. The minimum atomic E-state index is -0.886. The molecule has 1 N–H and O–H groups in total. The fourth-order valence-electron chi connectivity index (χ4n) is 0.967. The summed E-state index contributed by atoms with van der Waals surface area (Å²) in [5, 5.41) is 8.67. The van der Waals surface area contributed by atoms with E-state index in [0.29, 0.717) is 11.9 Å². The molecule has 0 bridgehead atoms. The van der Waals surface area contributed by atoms with Crippen molar-refractivity contribution < 1.29 is 9.90 Å². The molecule has 0 spiro atoms. The summed E-state index contributed by atoms with van der Waals surface area (Å²) in [6.45, 7) is 0. The molecule has 1 rings (SSSR count). The summed E-state index contributed by atoms with van der Waals surface area (Å²) in [6.07, 6.45) is 1.67. The number of benzene rings is 1. The van der Waals surface area contributed by atoms with Gasteiger partial charge in [-0.15, -0.1) is 11.8 Å². The maximum absolute atomic E-state index is 10.5. The highest BCUT2D eigenvalue weighted by molar-refractivity contribution is 7.99. The highest BCUT2D eigenvalue weighted by Crippen LogP contribution is 2.19. The van der Waals surface area contributed by atoms with Crippen LogP contribution in [0.15, 0.2) is 29.2 Å². The Balaban J connectivity index is 2.51. The van der Waals surface area contributed by atoms with Gasteiger partial charge in [-0.1, -0.05) is 12.7 Å². The largest absolute Gasteiger partial charge is 0.478 e. The molecule has 0 fully saturated rings. The van der Waals surface area contributed by atoms with Gasteiger partial charge in [-0.3, -0.25) is 0 Å². The van der Waals surface area contributed by atoms with E-state index in [0.717, 1.165) is 17.1 Å². The Hall–Kier alpha value is -0.895. The zero-order valence-corrected chi connectivity index (χ0v) is 8.59. The maximum atomic E-state index is 10.5. The van der Waals surface area contributed by atoms with Crippen molar-refractivity contribution in [1.82, 2.24) is 0 Å². The van der Waals surface area contributed by atoms with Crippen LogP contribution in [0.5, 0.6) is 0 Å². The number of aromatic carboxylic acids is 1. The van der Waals surface area contributed by atoms with Gasteiger partial charge in [0.1, 0.15) is 0 Å². The first-order valence-corrected chi connectivity index (χ1v) is 5.39. The van der Waals surface area contributed by atoms with E-state index in [1.54, 1.807) is 23.9 Å². The molecule has 0 aromatic heterocycles. The van der Waals surface area contributed by atoms with E-state index in [2.05, 4.69) is 0 Å². The molecule has 4 heteroatoms. The molecule has 0 unspecified atom stereocenters. The highest BCUT2D eigenvalue weighted by atomic mass is 32.2. The van der Waals surface area contributed by atoms with E-state index in [9.17, 15) is 4.79 Å². The zero-order chi connectivity index (χ0) is 10.4. The lowest BCUT2D eigenvalue weighted by Crippen LogP contribution is -1.94. The molecule has 2 radical (unpaired) electrons. The monoisotopic (exact) mass is 206 g/mol. The lowest BCUT2D eigenvalue weighted by Gasteiger charge is -2.00. The smallest absolute Gasteiger partial charge is 0.335 e. The van der Waals surface area contributed by atoms with Crippen molar-refractivity contribution >= 4 is 25.6 Å². The van der Waals surface area contributed by atoms with Gasteiger partial charge in [0.05, 0.1) is 13.4 Å². The third-order valence-corrected chi connectivity index (χ3v) is 2.82. The van der Waals surface area contributed by atoms with Crippen LogP contribution in [0.2, 0.25) is 6.32 Å². The van der Waals surface area contributed by atoms with Crippen molar-refractivity contribution in [2.45, 2.75) is 17.6 Å². The summed E-state index contributed by atoms with van der Waals surface area (Å²) in [7, 11) is 5.37. The fourth-order valence-corrected chi connectivity index (χ4v) is 1.84. The molecule has 0 saturated heterocycles. The highest BCUT2D eigenvalue weighted by Gasteiger charge is 2.01. The number of carboxylic acid groups (broad SMARTS) is 1. The molecular formula is C10H11BO2S. The van der Waals surface area contributed by atoms with Crippen molar-refractivity contribution in [2.24, 2.45) is 0 Å². The van der Waals surface area contributed by atoms with E-state index in [-0.39, 0.29) is 0 Å². The number of rotatable bonds is 5. The number of carboxylic acids is 1. The number of hydrogen-bond donors (Lipinski definition) is 1. The maximum Gasteiger partial charge on any atom is 0.335 e. The van der Waals surface area contributed by atoms with Gasteiger partial charge < -0.3 is 5.11 Å². The predicted octanol–water partition coefficient (Wildman–Crippen LogP) is 2.45. The molecule has 1 aromatic rings. The third-order valence-electron chi connectivity index (χ3n) is 1.72. The molecule has 0 aliphatic heterocycles. The first-order valence-electron chi connectivity index (χ1n) is 4.40. The van der Waals surface area contributed by atoms with E-state index in [4.69, 9.17) is 13.0 Å². The second-order valence-corrected chi connectivity index (χ2v) is 3.99. The first kappa shape index (κ1) is 11.2. The summed E-state index contributed by atoms with van der Waals surface area (Å²) in [4.78, 5) is 11.6. The van der Waals surface area contributed by atoms with Crippen molar-refractivity contribution in [3.05, 3.63) is 29.8 Å². The summed E-state index contributed by atoms with van der Waals surface area (Å²) in [5.41, 5.74) is 0.327. The van der Waals surface area contributed by atoms with Crippen molar-refractivity contribution in [2.75, 3.05) is 5.75 Å². The van der Waals surface area contributed by atoms with Crippen LogP contribution < -0.4 is 0 Å². The Labute approximate surface area is 89.1 Å². The average molecular weight is 206 g/mol. The molecule has 2 nitrogen and oxygen atoms in total. The van der Waals surface area contributed by atoms with Gasteiger partial charge in [0.15, 0.2) is 0 Å². The van der Waals surface area contributed by atoms with Gasteiger partial charge in [0, 0.05) is 4.90 Å². The van der Waals surface area contributed by atoms with E-state index >= 15 is 0 Å². The Kier molecular flexibility index (Phi) is 4.60. The van der Waals surface area contributed by atoms with Crippen LogP contribution in [0.3, 0.4) is 0 Å². The number of carbonyl (C=O) groups is 1. The molecule has 14 heavy (non-hydrogen) atoms. The van der Waals surface area contributed by atoms with Crippen molar-refractivity contribution in [3.63, 3.8) is 0 Å². The van der Waals surface area contributed by atoms with Crippen LogP contribution in [0.1, 0.15) is 16.8 Å². The van der Waals surface area contributed by atoms with Gasteiger partial charge in [-0.05, 0) is 30.0 Å². The van der Waals surface area contributed by atoms with Crippen LogP contribution in [0, 0.1) is 0 Å². The van der Waals surface area contributed by atoms with E-state index in [1.807, 2.05) is 12.1 Å². The third kappa shape index (κ3) is 3.46. The molecule has 0 saturated carbocycles. The molecule has 0 atom stereocenters. The predicted molar refractivity (Wildman–Crippen MR) is 59.3 cm³/mol. The van der Waals surface area contributed by atoms with Crippen LogP contribution in [-0.2, 0) is 0 Å². The summed E-state index contributed by atoms with van der Waals surface area (Å²) >= 11 is 1.69. The van der Waals surface area contributed by atoms with Crippen LogP contribution in [0.4, 0.5) is 0 Å². The number of hydrogen-bond acceptors (Lipinski definition) is 2. The van der Waals surface area contributed by atoms with Crippen LogP contribution >= 0.6 is 11.8 Å². The molecule has 1 aromatic carbocycles. The van der Waals surface area contributed by atoms with E-state index in [1.165, 1.54) is 0 Å². The zero-order valence-electron chi connectivity index (χ0n) is 7.77. The van der Waals surface area contributed by atoms with E-state index < -0.39 is 5.97 Å². The standard InChI is InChI=1S/C10H11BO2S/c11-6-1-7-14-9-4-2-8(3-5-9)10(12)13/h2-5H,1,6-7H2,(H,12,13). The SMILES string of the molecule is [B]CCCSc1ccc(C(=O)O)cc1. The molecule has 0 amide bonds. The molecule has 72 valence electrons. The summed E-state index contributed by atoms with van der Waals surface area (Å²) in [6, 6.07) is 6.88. The van der Waals surface area contributed by atoms with Gasteiger partial charge in [-0.2, -0.15) is 0 Å². The van der Waals surface area contributed by atoms with Crippen molar-refractivity contribution in [1.29, 1.82) is 0 Å². The molecule has 0 aliphatic rings. The second-order valence-electron chi connectivity index (χ2n) is 2.82. The number of thioether (sulfide) groups is 1. The second kappa shape index (κ2) is 5.76. The Morgan fingerprint density at radius 1 is 1.36 bits per heavy atom. The van der Waals surface area contributed by atoms with Gasteiger partial charge in [-0.25, -0.2) is 4.79 Å². The lowest BCUT2D eigenvalue weighted by atomic mass is 10.0. The minimum absolute atomic E-state index is 0.327. The van der Waals surface area contributed by atoms with Crippen LogP contribution in [0.25, 0.3) is 0 Å². The Morgan fingerprint density at radius 3 is 2.50 bits per heavy atom. The van der Waals surface area contributed by atoms with Gasteiger partial charge >= 0.3 is 5.97 Å². The normalized spacial score (nSPS) is 10.0. The molecular weight excluding hydrogens is 195 g/mol. The minimum Gasteiger partial charge on any atom is -0.478 e. The summed E-state index contributed by atoms with van der Waals surface area (Å²) < 4.78 is 0. The lowest BCUT2D eigenvalue weighted by molar-refractivity contribution is 0.0697. The summed E-state index contributed by atoms with van der Waals surface area (Å²) in [5.74, 6) is 0.0895. The quantitative estimate of drug-likeness (QED) is 0.456. The topological polar surface area (TPSA) is 37.3 Å². The van der Waals surface area contributed by atoms with Crippen LogP contribution in [-0.4, -0.2) is 24.7 Å². The average Bonchev–Trinajstić information content (AvgIpc) is 2.19. The first-order chi connectivity index (χ1) is 6.74. The Bertz CT molecular complexity index is 297. The van der Waals surface area contributed by atoms with Gasteiger partial charge in [0.2, 0.25) is 0 Å². The fraction of sp³-hybridized carbons (Fsp3) is 0.300. The van der Waals surface area contributed by atoms with Crippen molar-refractivity contribution in [3.8, 4) is 0 Å².